The Kier molecular flexibility index (Phi) is 40.6. The molecule has 0 fully saturated rings. The molecule has 4 aromatic carbocycles. The van der Waals surface area contributed by atoms with Gasteiger partial charge in [0.25, 0.3) is 0 Å². The summed E-state index contributed by atoms with van der Waals surface area (Å²) < 4.78 is 44.2. The highest BCUT2D eigenvalue weighted by atomic mass is 35.5. The summed E-state index contributed by atoms with van der Waals surface area (Å²) >= 11 is 24.9. The fourth-order valence-electron chi connectivity index (χ4n) is 10.2. The molecule has 6 aromatic rings. The number of carboxylic acids is 2. The van der Waals surface area contributed by atoms with Crippen LogP contribution in [0.2, 0.25) is 20.1 Å². The first-order valence-electron chi connectivity index (χ1n) is 34.7. The van der Waals surface area contributed by atoms with Crippen LogP contribution in [-0.2, 0) is 70.0 Å². The SMILES string of the molecule is O=C(O)CC(NC(=O)[C@H](Cc1ccc(OCCOCCOCCOC(=O)NCCCCNC(=O)OCCOCCOCCOc2ccc(C[C@H](NC(=O)CCCCNc3ccccn3)C(=O)NC(CC(=O)O)c3cc(Cl)cc(Cl)c3)cc2)cc1)NC(=O)CCCCNc1ccccn1)c1cc(Cl)cc(Cl)c1. The molecular formula is C74H92Cl4N10O18. The Hall–Kier alpha value is -9.26. The lowest BCUT2D eigenvalue weighted by Gasteiger charge is -2.24. The summed E-state index contributed by atoms with van der Waals surface area (Å²) in [5, 5.41) is 43.4. The normalized spacial score (nSPS) is 12.1. The van der Waals surface area contributed by atoms with E-state index in [0.29, 0.717) is 98.5 Å². The van der Waals surface area contributed by atoms with E-state index in [0.717, 1.165) is 11.6 Å². The van der Waals surface area contributed by atoms with Crippen LogP contribution in [0.4, 0.5) is 21.2 Å². The molecule has 0 saturated carbocycles. The number of unbranched alkanes of at least 4 members (excludes halogenated alkanes) is 3. The predicted molar refractivity (Wildman–Crippen MR) is 399 cm³/mol. The average molecular weight is 1550 g/mol. The number of carbonyl (C=O) groups is 8. The summed E-state index contributed by atoms with van der Waals surface area (Å²) in [5.74, 6) is -1.67. The molecular weight excluding hydrogens is 1460 g/mol. The number of carbonyl (C=O) groups excluding carboxylic acids is 6. The maximum atomic E-state index is 13.9. The number of pyridine rings is 2. The van der Waals surface area contributed by atoms with Crippen LogP contribution in [0.3, 0.4) is 0 Å². The molecule has 106 heavy (non-hydrogen) atoms. The number of nitrogens with one attached hydrogen (secondary N) is 8. The number of rotatable bonds is 53. The number of amides is 6. The van der Waals surface area contributed by atoms with Crippen LogP contribution in [0.25, 0.3) is 0 Å². The van der Waals surface area contributed by atoms with Crippen LogP contribution in [0, 0.1) is 0 Å². The van der Waals surface area contributed by atoms with Gasteiger partial charge in [-0.05, 0) is 146 Å². The lowest BCUT2D eigenvalue weighted by atomic mass is 10.0. The summed E-state index contributed by atoms with van der Waals surface area (Å²) in [7, 11) is 0. The fourth-order valence-corrected chi connectivity index (χ4v) is 11.3. The third-order valence-corrected chi connectivity index (χ3v) is 16.3. The molecule has 0 spiro atoms. The maximum absolute atomic E-state index is 13.9. The predicted octanol–water partition coefficient (Wildman–Crippen LogP) is 10.1. The van der Waals surface area contributed by atoms with Gasteiger partial charge in [0.1, 0.15) is 61.6 Å². The van der Waals surface area contributed by atoms with Gasteiger partial charge in [0, 0.05) is 84.3 Å². The molecule has 28 nitrogen and oxygen atoms in total. The van der Waals surface area contributed by atoms with Crippen molar-refractivity contribution >= 4 is 106 Å². The summed E-state index contributed by atoms with van der Waals surface area (Å²) in [5.41, 5.74) is 2.20. The quantitative estimate of drug-likeness (QED) is 0.0159. The van der Waals surface area contributed by atoms with E-state index in [9.17, 15) is 48.6 Å². The van der Waals surface area contributed by atoms with Crippen LogP contribution in [0.1, 0.15) is 98.5 Å². The van der Waals surface area contributed by atoms with E-state index in [-0.39, 0.29) is 137 Å². The van der Waals surface area contributed by atoms with E-state index < -0.39 is 72.9 Å². The van der Waals surface area contributed by atoms with Crippen molar-refractivity contribution in [3.63, 3.8) is 0 Å². The summed E-state index contributed by atoms with van der Waals surface area (Å²) in [6.07, 6.45) is 5.28. The minimum Gasteiger partial charge on any atom is -0.491 e. The molecule has 0 aliphatic rings. The number of aromatic nitrogens is 2. The molecule has 0 aliphatic heterocycles. The number of carboxylic acid groups (broad SMARTS) is 2. The van der Waals surface area contributed by atoms with Crippen LogP contribution >= 0.6 is 46.4 Å². The van der Waals surface area contributed by atoms with E-state index in [1.807, 2.05) is 36.4 Å². The number of ether oxygens (including phenoxy) is 8. The van der Waals surface area contributed by atoms with Crippen LogP contribution in [0.15, 0.2) is 134 Å². The van der Waals surface area contributed by atoms with Gasteiger partial charge in [-0.3, -0.25) is 28.8 Å². The number of halogens is 4. The Balaban J connectivity index is 0.748. The monoisotopic (exact) mass is 1550 g/mol. The number of nitrogens with zero attached hydrogens (tertiary/aromatic N) is 2. The Morgan fingerprint density at radius 2 is 0.745 bits per heavy atom. The van der Waals surface area contributed by atoms with Crippen molar-refractivity contribution < 1.29 is 86.5 Å². The van der Waals surface area contributed by atoms with E-state index in [2.05, 4.69) is 52.5 Å². The lowest BCUT2D eigenvalue weighted by molar-refractivity contribution is -0.139. The zero-order valence-electron chi connectivity index (χ0n) is 58.6. The highest BCUT2D eigenvalue weighted by Crippen LogP contribution is 2.28. The van der Waals surface area contributed by atoms with Crippen LogP contribution in [0.5, 0.6) is 11.5 Å². The van der Waals surface area contributed by atoms with Crippen molar-refractivity contribution in [3.05, 3.63) is 176 Å². The molecule has 0 aliphatic carbocycles. The highest BCUT2D eigenvalue weighted by molar-refractivity contribution is 6.35. The Labute approximate surface area is 635 Å². The largest absolute Gasteiger partial charge is 0.491 e. The van der Waals surface area contributed by atoms with E-state index in [4.69, 9.17) is 84.3 Å². The molecule has 2 aromatic heterocycles. The molecule has 2 heterocycles. The summed E-state index contributed by atoms with van der Waals surface area (Å²) in [6, 6.07) is 30.0. The third-order valence-electron chi connectivity index (χ3n) is 15.4. The number of aliphatic carboxylic acids is 2. The molecule has 0 bridgehead atoms. The molecule has 6 amide bonds. The zero-order valence-corrected chi connectivity index (χ0v) is 61.7. The van der Waals surface area contributed by atoms with Crippen LogP contribution < -0.4 is 52.0 Å². The summed E-state index contributed by atoms with van der Waals surface area (Å²) in [6.45, 7) is 4.19. The van der Waals surface area contributed by atoms with Crippen molar-refractivity contribution in [3.8, 4) is 11.5 Å². The molecule has 2 unspecified atom stereocenters. The minimum atomic E-state index is -1.16. The van der Waals surface area contributed by atoms with Gasteiger partial charge in [-0.25, -0.2) is 19.6 Å². The Morgan fingerprint density at radius 3 is 1.09 bits per heavy atom. The maximum Gasteiger partial charge on any atom is 0.407 e. The molecule has 0 saturated heterocycles. The number of alkyl carbamates (subject to hydrolysis) is 2. The molecule has 10 N–H and O–H groups in total. The van der Waals surface area contributed by atoms with Gasteiger partial charge < -0.3 is 90.6 Å². The van der Waals surface area contributed by atoms with Gasteiger partial charge >= 0.3 is 24.1 Å². The van der Waals surface area contributed by atoms with Gasteiger partial charge in [0.2, 0.25) is 23.6 Å². The second-order valence-corrected chi connectivity index (χ2v) is 25.6. The van der Waals surface area contributed by atoms with E-state index in [1.54, 1.807) is 60.9 Å². The van der Waals surface area contributed by atoms with Gasteiger partial charge in [-0.1, -0.05) is 82.8 Å². The lowest BCUT2D eigenvalue weighted by Crippen LogP contribution is -2.49. The molecule has 4 atom stereocenters. The Morgan fingerprint density at radius 1 is 0.396 bits per heavy atom. The minimum absolute atomic E-state index is 0.0252. The van der Waals surface area contributed by atoms with Crippen molar-refractivity contribution in [2.45, 2.75) is 101 Å². The highest BCUT2D eigenvalue weighted by Gasteiger charge is 2.29. The van der Waals surface area contributed by atoms with Crippen molar-refractivity contribution in [2.24, 2.45) is 0 Å². The molecule has 574 valence electrons. The van der Waals surface area contributed by atoms with E-state index in [1.165, 1.54) is 36.4 Å². The number of hydrogen-bond acceptors (Lipinski definition) is 20. The van der Waals surface area contributed by atoms with Crippen molar-refractivity contribution in [1.82, 2.24) is 41.9 Å². The second kappa shape index (κ2) is 50.3. The number of hydrogen-bond donors (Lipinski definition) is 10. The fraction of sp³-hybridized carbons (Fsp3) is 0.432. The smallest absolute Gasteiger partial charge is 0.407 e. The standard InChI is InChI=1S/C74H92Cl4N10O18/c75-55-43-53(44-56(76)47-55)61(49-69(91)92)87-71(95)63(85-67(89)13-3-7-25-81-65-11-1-5-23-79-65)41-51-15-19-59(20-16-51)103-37-33-99-29-31-101-35-39-105-73(97)83-27-9-10-28-84-74(98)106-40-36-102-32-30-100-34-38-104-60-21-17-52(18-22-60)42-64(86-68(90)14-4-8-26-82-66-12-2-6-24-80-66)72(96)88-62(50-70(93)94)54-45-57(77)48-58(78)46-54/h1-2,5-6,11-12,15-24,43-48,61-64H,3-4,7-10,13-14,25-42,49-50H2,(H,79,81)(H,80,82)(H,83,97)(H,84,98)(H,85,89)(H,86,90)(H,87,95)(H,88,96)(H,91,92)(H,93,94)/t61?,62?,63-,64-/m0/s1. The van der Waals surface area contributed by atoms with Crippen molar-refractivity contribution in [2.75, 3.05) is 116 Å². The average Bonchev–Trinajstić information content (AvgIpc) is 0.845. The third kappa shape index (κ3) is 37.1. The second-order valence-electron chi connectivity index (χ2n) is 23.8. The van der Waals surface area contributed by atoms with Crippen molar-refractivity contribution in [1.29, 1.82) is 0 Å². The number of benzene rings is 4. The van der Waals surface area contributed by atoms with Gasteiger partial charge in [-0.15, -0.1) is 0 Å². The summed E-state index contributed by atoms with van der Waals surface area (Å²) in [4.78, 5) is 111. The first kappa shape index (κ1) is 85.7. The van der Waals surface area contributed by atoms with Gasteiger partial charge in [0.05, 0.1) is 77.8 Å². The Bertz CT molecular complexity index is 3360. The van der Waals surface area contributed by atoms with E-state index >= 15 is 0 Å². The topological polar surface area (TPSA) is 373 Å². The molecule has 32 heteroatoms. The number of anilines is 2. The van der Waals surface area contributed by atoms with Gasteiger partial charge in [-0.2, -0.15) is 0 Å². The first-order chi connectivity index (χ1) is 51.3. The van der Waals surface area contributed by atoms with Gasteiger partial charge in [0.15, 0.2) is 0 Å². The molecule has 6 rings (SSSR count). The zero-order chi connectivity index (χ0) is 75.9. The van der Waals surface area contributed by atoms with Crippen LogP contribution in [-0.4, -0.2) is 185 Å². The first-order valence-corrected chi connectivity index (χ1v) is 36.3. The molecule has 0 radical (unpaired) electrons.